The monoisotopic (exact) mass is 508 g/mol. The maximum atomic E-state index is 12.5. The van der Waals surface area contributed by atoms with Crippen LogP contribution in [-0.4, -0.2) is 27.0 Å². The number of nitrogens with zero attached hydrogens (tertiary/aromatic N) is 2. The van der Waals surface area contributed by atoms with Gasteiger partial charge in [-0.3, -0.25) is 9.59 Å². The van der Waals surface area contributed by atoms with E-state index in [1.165, 1.54) is 40.5 Å². The van der Waals surface area contributed by atoms with E-state index < -0.39 is 0 Å². The van der Waals surface area contributed by atoms with E-state index in [0.717, 1.165) is 14.6 Å². The minimum atomic E-state index is -0.337. The summed E-state index contributed by atoms with van der Waals surface area (Å²) in [6.45, 7) is 1.82. The lowest BCUT2D eigenvalue weighted by atomic mass is 10.2. The molecule has 2 aromatic carbocycles. The molecule has 0 aliphatic rings. The van der Waals surface area contributed by atoms with Gasteiger partial charge < -0.3 is 10.6 Å². The van der Waals surface area contributed by atoms with Gasteiger partial charge in [-0.25, -0.2) is 9.97 Å². The Morgan fingerprint density at radius 3 is 2.71 bits per heavy atom. The lowest BCUT2D eigenvalue weighted by Crippen LogP contribution is -2.22. The van der Waals surface area contributed by atoms with E-state index in [2.05, 4.69) is 20.6 Å². The zero-order chi connectivity index (χ0) is 22.0. The van der Waals surface area contributed by atoms with E-state index in [9.17, 15) is 9.59 Å². The first kappa shape index (κ1) is 22.0. The Hall–Kier alpha value is -2.17. The van der Waals surface area contributed by atoms with Crippen LogP contribution in [0.15, 0.2) is 52.3 Å². The molecule has 4 aromatic rings. The maximum Gasteiger partial charge on any atom is 0.257 e. The van der Waals surface area contributed by atoms with Crippen LogP contribution in [0.4, 0.5) is 10.8 Å². The number of thiazole rings is 2. The molecule has 6 nitrogen and oxygen atoms in total. The van der Waals surface area contributed by atoms with Gasteiger partial charge in [-0.15, -0.1) is 22.7 Å². The predicted molar refractivity (Wildman–Crippen MR) is 130 cm³/mol. The molecular weight excluding hydrogens is 495 g/mol. The Morgan fingerprint density at radius 2 is 1.97 bits per heavy atom. The van der Waals surface area contributed by atoms with E-state index in [-0.39, 0.29) is 22.1 Å². The molecular formula is C20H14Cl2N4O2S3. The smallest absolute Gasteiger partial charge is 0.257 e. The summed E-state index contributed by atoms with van der Waals surface area (Å²) in [5.74, 6) is -0.459. The van der Waals surface area contributed by atoms with E-state index >= 15 is 0 Å². The molecule has 0 spiro atoms. The second-order valence-electron chi connectivity index (χ2n) is 6.33. The quantitative estimate of drug-likeness (QED) is 0.293. The fourth-order valence-corrected chi connectivity index (χ4v) is 5.88. The van der Waals surface area contributed by atoms with Crippen molar-refractivity contribution in [3.8, 4) is 0 Å². The van der Waals surface area contributed by atoms with Crippen LogP contribution in [-0.2, 0) is 4.79 Å². The molecule has 2 heterocycles. The number of thioether (sulfide) groups is 1. The lowest BCUT2D eigenvalue weighted by molar-refractivity contribution is -0.115. The van der Waals surface area contributed by atoms with Crippen LogP contribution in [0.1, 0.15) is 17.3 Å². The summed E-state index contributed by atoms with van der Waals surface area (Å²) in [6, 6.07) is 10.2. The van der Waals surface area contributed by atoms with E-state index in [1.54, 1.807) is 29.8 Å². The van der Waals surface area contributed by atoms with Crippen LogP contribution in [0, 0.1) is 0 Å². The minimum absolute atomic E-state index is 0.132. The van der Waals surface area contributed by atoms with Gasteiger partial charge >= 0.3 is 0 Å². The first-order valence-corrected chi connectivity index (χ1v) is 12.3. The molecule has 158 valence electrons. The van der Waals surface area contributed by atoms with Gasteiger partial charge in [0.1, 0.15) is 0 Å². The number of hydrogen-bond donors (Lipinski definition) is 2. The number of anilines is 2. The van der Waals surface area contributed by atoms with Crippen molar-refractivity contribution in [2.24, 2.45) is 0 Å². The number of benzene rings is 2. The summed E-state index contributed by atoms with van der Waals surface area (Å²) in [5.41, 5.74) is 1.76. The fourth-order valence-electron chi connectivity index (χ4n) is 2.60. The standard InChI is InChI=1S/C20H14Cl2N4O2S3/c1-10(17(27)26-19-23-6-7-29-19)30-20-25-15-5-3-12(9-16(15)31-20)24-18(28)13-4-2-11(21)8-14(13)22/h2-10H,1H3,(H,24,28)(H,23,26,27)/t10-/m1/s1. The van der Waals surface area contributed by atoms with Crippen LogP contribution >= 0.6 is 57.6 Å². The third kappa shape index (κ3) is 5.36. The zero-order valence-corrected chi connectivity index (χ0v) is 19.8. The average Bonchev–Trinajstić information content (AvgIpc) is 3.36. The highest BCUT2D eigenvalue weighted by molar-refractivity contribution is 8.02. The van der Waals surface area contributed by atoms with Gasteiger partial charge in [-0.1, -0.05) is 35.0 Å². The second kappa shape index (κ2) is 9.54. The molecule has 0 aliphatic heterocycles. The normalized spacial score (nSPS) is 12.0. The third-order valence-corrected chi connectivity index (χ3v) is 7.56. The highest BCUT2D eigenvalue weighted by Gasteiger charge is 2.18. The summed E-state index contributed by atoms with van der Waals surface area (Å²) in [4.78, 5) is 33.5. The Labute approximate surface area is 200 Å². The summed E-state index contributed by atoms with van der Waals surface area (Å²) >= 11 is 16.2. The van der Waals surface area contributed by atoms with E-state index in [0.29, 0.717) is 21.4 Å². The van der Waals surface area contributed by atoms with Crippen LogP contribution in [0.2, 0.25) is 10.0 Å². The number of hydrogen-bond acceptors (Lipinski definition) is 7. The van der Waals surface area contributed by atoms with Gasteiger partial charge in [0.05, 0.1) is 26.1 Å². The molecule has 1 atom stereocenters. The largest absolute Gasteiger partial charge is 0.322 e. The molecule has 31 heavy (non-hydrogen) atoms. The van der Waals surface area contributed by atoms with E-state index in [1.807, 2.05) is 19.1 Å². The van der Waals surface area contributed by atoms with Crippen molar-refractivity contribution in [1.82, 2.24) is 9.97 Å². The Balaban J connectivity index is 1.45. The summed E-state index contributed by atoms with van der Waals surface area (Å²) < 4.78 is 1.66. The highest BCUT2D eigenvalue weighted by atomic mass is 35.5. The average molecular weight is 509 g/mol. The number of aromatic nitrogens is 2. The van der Waals surface area contributed by atoms with E-state index in [4.69, 9.17) is 23.2 Å². The van der Waals surface area contributed by atoms with Gasteiger partial charge in [0, 0.05) is 22.3 Å². The van der Waals surface area contributed by atoms with Crippen LogP contribution in [0.3, 0.4) is 0 Å². The Morgan fingerprint density at radius 1 is 1.13 bits per heavy atom. The van der Waals surface area contributed by atoms with Gasteiger partial charge in [-0.2, -0.15) is 0 Å². The molecule has 0 radical (unpaired) electrons. The number of fused-ring (bicyclic) bond motifs is 1. The summed E-state index contributed by atoms with van der Waals surface area (Å²) in [7, 11) is 0. The van der Waals surface area contributed by atoms with Gasteiger partial charge in [0.25, 0.3) is 5.91 Å². The molecule has 0 fully saturated rings. The molecule has 0 aliphatic carbocycles. The molecule has 4 rings (SSSR count). The molecule has 11 heteroatoms. The first-order valence-electron chi connectivity index (χ1n) is 8.93. The summed E-state index contributed by atoms with van der Waals surface area (Å²) in [6.07, 6.45) is 1.64. The van der Waals surface area contributed by atoms with Crippen LogP contribution < -0.4 is 10.6 Å². The number of rotatable bonds is 6. The third-order valence-electron chi connectivity index (χ3n) is 4.11. The van der Waals surface area contributed by atoms with Gasteiger partial charge in [0.15, 0.2) is 9.47 Å². The SMILES string of the molecule is C[C@@H](Sc1nc2ccc(NC(=O)c3ccc(Cl)cc3Cl)cc2s1)C(=O)Nc1nccs1. The number of amides is 2. The molecule has 2 aromatic heterocycles. The van der Waals surface area contributed by atoms with Crippen molar-refractivity contribution in [3.63, 3.8) is 0 Å². The second-order valence-corrected chi connectivity index (χ2v) is 10.7. The molecule has 2 N–H and O–H groups in total. The Kier molecular flexibility index (Phi) is 6.78. The molecule has 2 amide bonds. The number of halogens is 2. The number of nitrogens with one attached hydrogen (secondary N) is 2. The lowest BCUT2D eigenvalue weighted by Gasteiger charge is -2.07. The molecule has 0 bridgehead atoms. The minimum Gasteiger partial charge on any atom is -0.322 e. The van der Waals surface area contributed by atoms with Crippen LogP contribution in [0.5, 0.6) is 0 Å². The molecule has 0 saturated heterocycles. The molecule has 0 saturated carbocycles. The predicted octanol–water partition coefficient (Wildman–Crippen LogP) is 6.43. The molecule has 0 unspecified atom stereocenters. The van der Waals surface area contributed by atoms with Crippen molar-refractivity contribution in [2.45, 2.75) is 16.5 Å². The fraction of sp³-hybridized carbons (Fsp3) is 0.100. The zero-order valence-electron chi connectivity index (χ0n) is 15.9. The van der Waals surface area contributed by atoms with Gasteiger partial charge in [-0.05, 0) is 43.3 Å². The highest BCUT2D eigenvalue weighted by Crippen LogP contribution is 2.34. The summed E-state index contributed by atoms with van der Waals surface area (Å²) in [5, 5.41) is 8.42. The maximum absolute atomic E-state index is 12.5. The number of carbonyl (C=O) groups excluding carboxylic acids is 2. The van der Waals surface area contributed by atoms with Crippen molar-refractivity contribution in [2.75, 3.05) is 10.6 Å². The van der Waals surface area contributed by atoms with Crippen molar-refractivity contribution < 1.29 is 9.59 Å². The van der Waals surface area contributed by atoms with Crippen molar-refractivity contribution in [3.05, 3.63) is 63.6 Å². The topological polar surface area (TPSA) is 84.0 Å². The van der Waals surface area contributed by atoms with Crippen LogP contribution in [0.25, 0.3) is 10.2 Å². The van der Waals surface area contributed by atoms with Crippen molar-refractivity contribution in [1.29, 1.82) is 0 Å². The van der Waals surface area contributed by atoms with Gasteiger partial charge in [0.2, 0.25) is 5.91 Å². The Bertz CT molecular complexity index is 1260. The van der Waals surface area contributed by atoms with Crippen molar-refractivity contribution >= 4 is 90.5 Å². The number of carbonyl (C=O) groups is 2. The first-order chi connectivity index (χ1) is 14.9.